The fraction of sp³-hybridized carbons (Fsp3) is 0.700. The number of rotatable bonds is 8. The number of aliphatic imine (C=N–C) groups is 1. The number of piperidine rings is 1. The Morgan fingerprint density at radius 3 is 2.54 bits per heavy atom. The molecule has 1 aromatic heterocycles. The molecule has 0 amide bonds. The van der Waals surface area contributed by atoms with Crippen molar-refractivity contribution in [2.45, 2.75) is 39.7 Å². The Bertz CT molecular complexity index is 585. The average molecular weight is 522 g/mol. The molecule has 0 spiro atoms. The van der Waals surface area contributed by atoms with Gasteiger partial charge in [-0.25, -0.2) is 0 Å². The van der Waals surface area contributed by atoms with Gasteiger partial charge < -0.3 is 15.0 Å². The van der Waals surface area contributed by atoms with E-state index in [1.54, 1.807) is 11.3 Å². The fourth-order valence-corrected chi connectivity index (χ4v) is 4.40. The van der Waals surface area contributed by atoms with Gasteiger partial charge in [-0.3, -0.25) is 14.7 Å². The third-order valence-corrected chi connectivity index (χ3v) is 5.96. The van der Waals surface area contributed by atoms with E-state index in [2.05, 4.69) is 50.8 Å². The fourth-order valence-electron chi connectivity index (χ4n) is 3.69. The van der Waals surface area contributed by atoms with Crippen LogP contribution in [0.25, 0.3) is 0 Å². The Kier molecular flexibility index (Phi) is 12.0. The second-order valence-corrected chi connectivity index (χ2v) is 7.52. The van der Waals surface area contributed by atoms with Crippen LogP contribution in [0.2, 0.25) is 0 Å². The molecule has 160 valence electrons. The van der Waals surface area contributed by atoms with Crippen molar-refractivity contribution < 1.29 is 9.53 Å². The number of guanidine groups is 1. The van der Waals surface area contributed by atoms with Crippen LogP contribution in [-0.4, -0.2) is 68.1 Å². The topological polar surface area (TPSA) is 57.2 Å². The van der Waals surface area contributed by atoms with E-state index in [4.69, 9.17) is 4.74 Å². The molecule has 2 rings (SSSR count). The first-order valence-corrected chi connectivity index (χ1v) is 11.0. The van der Waals surface area contributed by atoms with Gasteiger partial charge in [-0.2, -0.15) is 11.3 Å². The Morgan fingerprint density at radius 1 is 1.36 bits per heavy atom. The monoisotopic (exact) mass is 522 g/mol. The molecule has 1 saturated heterocycles. The van der Waals surface area contributed by atoms with Crippen molar-refractivity contribution in [3.63, 3.8) is 0 Å². The number of esters is 1. The van der Waals surface area contributed by atoms with Crippen LogP contribution in [0.5, 0.6) is 0 Å². The van der Waals surface area contributed by atoms with Crippen LogP contribution in [0.4, 0.5) is 0 Å². The molecule has 6 nitrogen and oxygen atoms in total. The van der Waals surface area contributed by atoms with E-state index in [9.17, 15) is 4.79 Å². The van der Waals surface area contributed by atoms with Gasteiger partial charge in [-0.1, -0.05) is 13.8 Å². The molecule has 0 aliphatic carbocycles. The first kappa shape index (κ1) is 25.2. The SMILES string of the molecule is CCOC(=O)C1CCN(C(=NC)NCC(c2ccsc2)N(CC)CC)CC1.I. The van der Waals surface area contributed by atoms with Crippen LogP contribution in [0.3, 0.4) is 0 Å². The Labute approximate surface area is 190 Å². The Hall–Kier alpha value is -0.870. The second-order valence-electron chi connectivity index (χ2n) is 6.74. The van der Waals surface area contributed by atoms with Crippen molar-refractivity contribution in [1.29, 1.82) is 0 Å². The number of ether oxygens (including phenoxy) is 1. The molecule has 0 bridgehead atoms. The van der Waals surface area contributed by atoms with E-state index >= 15 is 0 Å². The van der Waals surface area contributed by atoms with Crippen LogP contribution in [0, 0.1) is 5.92 Å². The highest BCUT2D eigenvalue weighted by atomic mass is 127. The molecule has 0 radical (unpaired) electrons. The Balaban J connectivity index is 0.00000392. The molecule has 0 saturated carbocycles. The number of thiophene rings is 1. The summed E-state index contributed by atoms with van der Waals surface area (Å²) in [6.07, 6.45) is 1.65. The molecule has 2 heterocycles. The van der Waals surface area contributed by atoms with Crippen LogP contribution in [-0.2, 0) is 9.53 Å². The maximum absolute atomic E-state index is 11.9. The number of nitrogens with zero attached hydrogens (tertiary/aromatic N) is 3. The molecular formula is C20H35IN4O2S. The summed E-state index contributed by atoms with van der Waals surface area (Å²) in [6, 6.07) is 2.54. The summed E-state index contributed by atoms with van der Waals surface area (Å²) < 4.78 is 5.17. The first-order valence-electron chi connectivity index (χ1n) is 10.0. The third kappa shape index (κ3) is 6.88. The highest BCUT2D eigenvalue weighted by Crippen LogP contribution is 2.23. The van der Waals surface area contributed by atoms with E-state index in [1.807, 2.05) is 14.0 Å². The number of hydrogen-bond donors (Lipinski definition) is 1. The largest absolute Gasteiger partial charge is 0.466 e. The zero-order chi connectivity index (χ0) is 19.6. The first-order chi connectivity index (χ1) is 13.1. The van der Waals surface area contributed by atoms with Gasteiger partial charge in [0.1, 0.15) is 0 Å². The number of hydrogen-bond acceptors (Lipinski definition) is 5. The molecule has 28 heavy (non-hydrogen) atoms. The van der Waals surface area contributed by atoms with Crippen molar-refractivity contribution in [2.24, 2.45) is 10.9 Å². The quantitative estimate of drug-likeness (QED) is 0.245. The van der Waals surface area contributed by atoms with Crippen molar-refractivity contribution in [3.8, 4) is 0 Å². The summed E-state index contributed by atoms with van der Waals surface area (Å²) in [5.74, 6) is 0.886. The molecule has 0 aromatic carbocycles. The smallest absolute Gasteiger partial charge is 0.309 e. The second kappa shape index (κ2) is 13.4. The van der Waals surface area contributed by atoms with Gasteiger partial charge in [0, 0.05) is 26.7 Å². The predicted molar refractivity (Wildman–Crippen MR) is 128 cm³/mol. The van der Waals surface area contributed by atoms with E-state index < -0.39 is 0 Å². The number of likely N-dealkylation sites (N-methyl/N-ethyl adjacent to an activating group) is 1. The van der Waals surface area contributed by atoms with Crippen LogP contribution in [0.1, 0.15) is 45.2 Å². The van der Waals surface area contributed by atoms with Gasteiger partial charge in [0.05, 0.1) is 18.6 Å². The van der Waals surface area contributed by atoms with Crippen LogP contribution >= 0.6 is 35.3 Å². The van der Waals surface area contributed by atoms with Gasteiger partial charge in [-0.05, 0) is 55.2 Å². The van der Waals surface area contributed by atoms with Gasteiger partial charge in [-0.15, -0.1) is 24.0 Å². The molecule has 1 aromatic rings. The minimum atomic E-state index is -0.0563. The van der Waals surface area contributed by atoms with Crippen molar-refractivity contribution in [2.75, 3.05) is 46.4 Å². The van der Waals surface area contributed by atoms with Crippen molar-refractivity contribution >= 4 is 47.2 Å². The maximum atomic E-state index is 11.9. The highest BCUT2D eigenvalue weighted by molar-refractivity contribution is 14.0. The van der Waals surface area contributed by atoms with E-state index in [1.165, 1.54) is 5.56 Å². The van der Waals surface area contributed by atoms with E-state index in [0.29, 0.717) is 12.6 Å². The lowest BCUT2D eigenvalue weighted by Crippen LogP contribution is -2.48. The van der Waals surface area contributed by atoms with E-state index in [0.717, 1.165) is 51.5 Å². The van der Waals surface area contributed by atoms with Gasteiger partial charge in [0.25, 0.3) is 0 Å². The van der Waals surface area contributed by atoms with Gasteiger partial charge in [0.15, 0.2) is 5.96 Å². The van der Waals surface area contributed by atoms with Crippen LogP contribution in [0.15, 0.2) is 21.8 Å². The standard InChI is InChI=1S/C20H34N4O2S.HI/c1-5-23(6-2)18(17-10-13-27-15-17)14-22-20(21-4)24-11-8-16(9-12-24)19(25)26-7-3;/h10,13,15-16,18H,5-9,11-12,14H2,1-4H3,(H,21,22);1H. The number of carbonyl (C=O) groups is 1. The zero-order valence-corrected chi connectivity index (χ0v) is 20.7. The molecule has 1 unspecified atom stereocenters. The van der Waals surface area contributed by atoms with Crippen LogP contribution < -0.4 is 5.32 Å². The summed E-state index contributed by atoms with van der Waals surface area (Å²) in [5.41, 5.74) is 1.35. The van der Waals surface area contributed by atoms with Crippen molar-refractivity contribution in [1.82, 2.24) is 15.1 Å². The minimum Gasteiger partial charge on any atom is -0.466 e. The molecule has 1 fully saturated rings. The molecule has 1 aliphatic heterocycles. The summed E-state index contributed by atoms with van der Waals surface area (Å²) >= 11 is 1.74. The maximum Gasteiger partial charge on any atom is 0.309 e. The zero-order valence-electron chi connectivity index (χ0n) is 17.5. The summed E-state index contributed by atoms with van der Waals surface area (Å²) in [6.45, 7) is 11.2. The molecule has 1 aliphatic rings. The lowest BCUT2D eigenvalue weighted by molar-refractivity contribution is -0.149. The predicted octanol–water partition coefficient (Wildman–Crippen LogP) is 3.60. The number of nitrogens with one attached hydrogen (secondary N) is 1. The lowest BCUT2D eigenvalue weighted by atomic mass is 9.97. The molecular weight excluding hydrogens is 487 g/mol. The van der Waals surface area contributed by atoms with Gasteiger partial charge in [0.2, 0.25) is 0 Å². The summed E-state index contributed by atoms with van der Waals surface area (Å²) in [7, 11) is 1.83. The highest BCUT2D eigenvalue weighted by Gasteiger charge is 2.28. The summed E-state index contributed by atoms with van der Waals surface area (Å²) in [5, 5.41) is 7.94. The number of carbonyl (C=O) groups excluding carboxylic acids is 1. The van der Waals surface area contributed by atoms with E-state index in [-0.39, 0.29) is 35.9 Å². The molecule has 1 N–H and O–H groups in total. The normalized spacial score (nSPS) is 16.6. The minimum absolute atomic E-state index is 0. The summed E-state index contributed by atoms with van der Waals surface area (Å²) in [4.78, 5) is 21.1. The van der Waals surface area contributed by atoms with Crippen molar-refractivity contribution in [3.05, 3.63) is 22.4 Å². The third-order valence-electron chi connectivity index (χ3n) is 5.26. The lowest BCUT2D eigenvalue weighted by Gasteiger charge is -2.35. The average Bonchev–Trinajstić information content (AvgIpc) is 3.23. The molecule has 1 atom stereocenters. The number of likely N-dealkylation sites (tertiary alicyclic amines) is 1. The van der Waals surface area contributed by atoms with Gasteiger partial charge >= 0.3 is 5.97 Å². The Morgan fingerprint density at radius 2 is 2.04 bits per heavy atom. The number of halogens is 1. The molecule has 8 heteroatoms.